The van der Waals surface area contributed by atoms with Crippen LogP contribution in [0.1, 0.15) is 5.69 Å². The van der Waals surface area contributed by atoms with Crippen LogP contribution >= 0.6 is 23.1 Å². The van der Waals surface area contributed by atoms with Gasteiger partial charge in [0.05, 0.1) is 28.8 Å². The quantitative estimate of drug-likeness (QED) is 0.355. The zero-order chi connectivity index (χ0) is 20.2. The molecule has 0 saturated carbocycles. The van der Waals surface area contributed by atoms with E-state index >= 15 is 0 Å². The topological polar surface area (TPSA) is 77.0 Å². The van der Waals surface area contributed by atoms with Crippen molar-refractivity contribution in [2.75, 3.05) is 18.2 Å². The van der Waals surface area contributed by atoms with Crippen molar-refractivity contribution in [1.82, 2.24) is 15.0 Å². The number of anilines is 1. The lowest BCUT2D eigenvalue weighted by Gasteiger charge is -2.06. The number of nitrogens with zero attached hydrogens (tertiary/aromatic N) is 3. The molecule has 2 aromatic carbocycles. The number of thioether (sulfide) groups is 1. The van der Waals surface area contributed by atoms with Crippen molar-refractivity contribution in [2.45, 2.75) is 12.1 Å². The summed E-state index contributed by atoms with van der Waals surface area (Å²) in [6.07, 6.45) is 0. The molecule has 0 radical (unpaired) electrons. The Bertz CT molecular complexity index is 1160. The molecular weight excluding hydrogens is 404 g/mol. The van der Waals surface area contributed by atoms with E-state index in [1.54, 1.807) is 7.11 Å². The normalized spacial score (nSPS) is 10.8. The summed E-state index contributed by atoms with van der Waals surface area (Å²) in [5.74, 6) is 0.824. The molecule has 2 heterocycles. The molecule has 4 rings (SSSR count). The van der Waals surface area contributed by atoms with Crippen LogP contribution in [0.4, 0.5) is 5.13 Å². The maximum Gasteiger partial charge on any atom is 0.236 e. The lowest BCUT2D eigenvalue weighted by atomic mass is 10.1. The van der Waals surface area contributed by atoms with Gasteiger partial charge in [0.2, 0.25) is 5.91 Å². The highest BCUT2D eigenvalue weighted by Gasteiger charge is 2.11. The van der Waals surface area contributed by atoms with Crippen molar-refractivity contribution in [2.24, 2.45) is 0 Å². The molecule has 0 aliphatic heterocycles. The molecule has 2 aromatic heterocycles. The van der Waals surface area contributed by atoms with Crippen molar-refractivity contribution >= 4 is 44.4 Å². The van der Waals surface area contributed by atoms with Crippen molar-refractivity contribution in [3.05, 3.63) is 60.3 Å². The number of carbonyl (C=O) groups excluding carboxylic acids is 1. The number of fused-ring (bicyclic) bond motifs is 1. The van der Waals surface area contributed by atoms with Gasteiger partial charge in [-0.05, 0) is 31.2 Å². The smallest absolute Gasteiger partial charge is 0.236 e. The molecule has 8 heteroatoms. The Morgan fingerprint density at radius 3 is 2.72 bits per heavy atom. The number of hydrogen-bond acceptors (Lipinski definition) is 7. The summed E-state index contributed by atoms with van der Waals surface area (Å²) in [5, 5.41) is 3.99. The highest BCUT2D eigenvalue weighted by Crippen LogP contribution is 2.29. The molecule has 1 amide bonds. The second kappa shape index (κ2) is 8.59. The molecule has 0 aliphatic rings. The van der Waals surface area contributed by atoms with E-state index in [0.29, 0.717) is 10.3 Å². The highest BCUT2D eigenvalue weighted by molar-refractivity contribution is 7.99. The standard InChI is InChI=1S/C21H18N4O2S2/c1-13-10-17(14-6-4-3-5-7-14)24-20(22-13)28-12-19(26)25-21-23-16-9-8-15(27-2)11-18(16)29-21/h3-11H,12H2,1-2H3,(H,23,25,26). The third-order valence-electron chi connectivity index (χ3n) is 4.08. The van der Waals surface area contributed by atoms with Crippen molar-refractivity contribution in [1.29, 1.82) is 0 Å². The SMILES string of the molecule is COc1ccc2nc(NC(=O)CSc3nc(C)cc(-c4ccccc4)n3)sc2c1. The van der Waals surface area contributed by atoms with Crippen molar-refractivity contribution in [3.8, 4) is 17.0 Å². The zero-order valence-electron chi connectivity index (χ0n) is 15.9. The molecular formula is C21H18N4O2S2. The lowest BCUT2D eigenvalue weighted by molar-refractivity contribution is -0.113. The summed E-state index contributed by atoms with van der Waals surface area (Å²) in [5.41, 5.74) is 3.56. The van der Waals surface area contributed by atoms with Crippen LogP contribution in [0.2, 0.25) is 0 Å². The van der Waals surface area contributed by atoms with E-state index in [4.69, 9.17) is 4.74 Å². The summed E-state index contributed by atoms with van der Waals surface area (Å²) >= 11 is 2.72. The van der Waals surface area contributed by atoms with E-state index in [9.17, 15) is 4.79 Å². The first-order chi connectivity index (χ1) is 14.1. The average molecular weight is 423 g/mol. The molecule has 0 bridgehead atoms. The van der Waals surface area contributed by atoms with Crippen molar-refractivity contribution in [3.63, 3.8) is 0 Å². The average Bonchev–Trinajstić information content (AvgIpc) is 3.13. The van der Waals surface area contributed by atoms with Gasteiger partial charge in [0.15, 0.2) is 10.3 Å². The van der Waals surface area contributed by atoms with Crippen molar-refractivity contribution < 1.29 is 9.53 Å². The van der Waals surface area contributed by atoms with Gasteiger partial charge in [-0.25, -0.2) is 15.0 Å². The van der Waals surface area contributed by atoms with E-state index in [-0.39, 0.29) is 11.7 Å². The number of nitrogens with one attached hydrogen (secondary N) is 1. The third-order valence-corrected chi connectivity index (χ3v) is 5.86. The Morgan fingerprint density at radius 1 is 1.10 bits per heavy atom. The minimum absolute atomic E-state index is 0.146. The number of aryl methyl sites for hydroxylation is 1. The molecule has 4 aromatic rings. The van der Waals surface area contributed by atoms with E-state index in [1.165, 1.54) is 23.1 Å². The van der Waals surface area contributed by atoms with Gasteiger partial charge in [0.25, 0.3) is 0 Å². The fourth-order valence-electron chi connectivity index (χ4n) is 2.73. The Hall–Kier alpha value is -2.97. The van der Waals surface area contributed by atoms with E-state index in [2.05, 4.69) is 20.3 Å². The van der Waals surface area contributed by atoms with Crippen LogP contribution in [0, 0.1) is 6.92 Å². The summed E-state index contributed by atoms with van der Waals surface area (Å²) in [6.45, 7) is 1.92. The summed E-state index contributed by atoms with van der Waals surface area (Å²) in [6, 6.07) is 17.5. The number of rotatable bonds is 6. The Kier molecular flexibility index (Phi) is 5.73. The van der Waals surface area contributed by atoms with E-state index < -0.39 is 0 Å². The fourth-order valence-corrected chi connectivity index (χ4v) is 4.35. The number of ether oxygens (including phenoxy) is 1. The first-order valence-electron chi connectivity index (χ1n) is 8.89. The first-order valence-corrected chi connectivity index (χ1v) is 10.7. The van der Waals surface area contributed by atoms with Gasteiger partial charge in [-0.2, -0.15) is 0 Å². The highest BCUT2D eigenvalue weighted by atomic mass is 32.2. The van der Waals surface area contributed by atoms with Gasteiger partial charge < -0.3 is 10.1 Å². The predicted molar refractivity (Wildman–Crippen MR) is 118 cm³/mol. The second-order valence-electron chi connectivity index (χ2n) is 6.23. The molecule has 0 atom stereocenters. The summed E-state index contributed by atoms with van der Waals surface area (Å²) in [7, 11) is 1.62. The fraction of sp³-hybridized carbons (Fsp3) is 0.143. The number of amides is 1. The number of methoxy groups -OCH3 is 1. The maximum atomic E-state index is 12.4. The van der Waals surface area contributed by atoms with Crippen LogP contribution < -0.4 is 10.1 Å². The predicted octanol–water partition coefficient (Wildman–Crippen LogP) is 4.80. The molecule has 146 valence electrons. The molecule has 0 spiro atoms. The minimum atomic E-state index is -0.146. The van der Waals surface area contributed by atoms with E-state index in [1.807, 2.05) is 61.5 Å². The Morgan fingerprint density at radius 2 is 1.93 bits per heavy atom. The van der Waals surface area contributed by atoms with Gasteiger partial charge >= 0.3 is 0 Å². The number of thiazole rings is 1. The molecule has 1 N–H and O–H groups in total. The van der Waals surface area contributed by atoms with Gasteiger partial charge in [0.1, 0.15) is 5.75 Å². The molecule has 0 unspecified atom stereocenters. The van der Waals surface area contributed by atoms with E-state index in [0.717, 1.165) is 32.9 Å². The van der Waals surface area contributed by atoms with Crippen LogP contribution in [-0.4, -0.2) is 33.7 Å². The molecule has 0 fully saturated rings. The monoisotopic (exact) mass is 422 g/mol. The zero-order valence-corrected chi connectivity index (χ0v) is 17.5. The van der Waals surface area contributed by atoms with Gasteiger partial charge in [0, 0.05) is 11.3 Å². The molecule has 0 saturated heterocycles. The van der Waals surface area contributed by atoms with Gasteiger partial charge in [-0.15, -0.1) is 0 Å². The van der Waals surface area contributed by atoms with Crippen LogP contribution in [0.15, 0.2) is 59.8 Å². The van der Waals surface area contributed by atoms with Gasteiger partial charge in [-0.3, -0.25) is 4.79 Å². The third kappa shape index (κ3) is 4.72. The lowest BCUT2D eigenvalue weighted by Crippen LogP contribution is -2.14. The summed E-state index contributed by atoms with van der Waals surface area (Å²) in [4.78, 5) is 25.8. The molecule has 6 nitrogen and oxygen atoms in total. The minimum Gasteiger partial charge on any atom is -0.497 e. The molecule has 0 aliphatic carbocycles. The van der Waals surface area contributed by atoms with Crippen LogP contribution in [-0.2, 0) is 4.79 Å². The van der Waals surface area contributed by atoms with Crippen LogP contribution in [0.3, 0.4) is 0 Å². The number of carbonyl (C=O) groups is 1. The van der Waals surface area contributed by atoms with Gasteiger partial charge in [-0.1, -0.05) is 53.4 Å². The first kappa shape index (κ1) is 19.4. The van der Waals surface area contributed by atoms with Crippen LogP contribution in [0.25, 0.3) is 21.5 Å². The van der Waals surface area contributed by atoms with Crippen LogP contribution in [0.5, 0.6) is 5.75 Å². The second-order valence-corrected chi connectivity index (χ2v) is 8.21. The largest absolute Gasteiger partial charge is 0.497 e. The number of benzene rings is 2. The summed E-state index contributed by atoms with van der Waals surface area (Å²) < 4.78 is 6.19. The Balaban J connectivity index is 1.43. The maximum absolute atomic E-state index is 12.4. The number of aromatic nitrogens is 3. The number of hydrogen-bond donors (Lipinski definition) is 1. The molecule has 29 heavy (non-hydrogen) atoms. The Labute approximate surface area is 176 Å².